The molecule has 2 bridgehead atoms. The van der Waals surface area contributed by atoms with Crippen molar-refractivity contribution in [3.05, 3.63) is 41.5 Å². The molecule has 2 aromatic heterocycles. The second kappa shape index (κ2) is 12.3. The summed E-state index contributed by atoms with van der Waals surface area (Å²) in [6, 6.07) is 3.74. The fraction of sp³-hybridized carbons (Fsp3) is 0.444. The summed E-state index contributed by atoms with van der Waals surface area (Å²) in [5.74, 6) is 1.43. The van der Waals surface area contributed by atoms with E-state index in [1.807, 2.05) is 4.90 Å². The van der Waals surface area contributed by atoms with Crippen LogP contribution in [0.4, 0.5) is 32.2 Å². The van der Waals surface area contributed by atoms with Gasteiger partial charge in [-0.1, -0.05) is 12.0 Å². The minimum Gasteiger partial charge on any atom is -0.508 e. The number of benzene rings is 2. The van der Waals surface area contributed by atoms with Gasteiger partial charge in [-0.25, -0.2) is 18.2 Å². The predicted octanol–water partition coefficient (Wildman–Crippen LogP) is 5.52. The van der Waals surface area contributed by atoms with Crippen molar-refractivity contribution in [2.24, 2.45) is 0 Å². The lowest BCUT2D eigenvalue weighted by Gasteiger charge is -2.56. The van der Waals surface area contributed by atoms with Crippen LogP contribution in [0.1, 0.15) is 38.2 Å². The molecular formula is C36H32F6N6O4. The molecule has 4 aliphatic rings. The molecule has 4 aliphatic heterocycles. The van der Waals surface area contributed by atoms with Crippen molar-refractivity contribution in [2.45, 2.75) is 62.6 Å². The molecule has 272 valence electrons. The molecule has 0 spiro atoms. The maximum atomic E-state index is 17.2. The molecule has 52 heavy (non-hydrogen) atoms. The summed E-state index contributed by atoms with van der Waals surface area (Å²) in [6.07, 6.45) is -3.89. The Kier molecular flexibility index (Phi) is 8.05. The molecular weight excluding hydrogens is 694 g/mol. The number of ether oxygens (including phenoxy) is 2. The molecule has 4 saturated heterocycles. The van der Waals surface area contributed by atoms with E-state index in [9.17, 15) is 27.5 Å². The van der Waals surface area contributed by atoms with E-state index in [2.05, 4.69) is 26.8 Å². The van der Waals surface area contributed by atoms with Gasteiger partial charge in [-0.3, -0.25) is 9.69 Å². The number of amides is 1. The average molecular weight is 727 g/mol. The van der Waals surface area contributed by atoms with Crippen LogP contribution < -0.4 is 14.4 Å². The second-order valence-corrected chi connectivity index (χ2v) is 13.7. The Morgan fingerprint density at radius 1 is 1.10 bits per heavy atom. The third-order valence-corrected chi connectivity index (χ3v) is 10.7. The number of aromatic hydroxyl groups is 1. The number of halogens is 6. The smallest absolute Gasteiger partial charge is 0.471 e. The number of anilines is 1. The fourth-order valence-electron chi connectivity index (χ4n) is 8.49. The Labute approximate surface area is 293 Å². The highest BCUT2D eigenvalue weighted by molar-refractivity contribution is 6.04. The minimum absolute atomic E-state index is 0.00375. The van der Waals surface area contributed by atoms with Gasteiger partial charge in [-0.15, -0.1) is 5.92 Å². The number of phenols is 1. The number of fused-ring (bicyclic) bond motifs is 5. The van der Waals surface area contributed by atoms with Crippen molar-refractivity contribution >= 4 is 33.4 Å². The first-order valence-electron chi connectivity index (χ1n) is 16.8. The molecule has 8 rings (SSSR count). The van der Waals surface area contributed by atoms with Crippen LogP contribution in [-0.4, -0.2) is 106 Å². The minimum atomic E-state index is -5.04. The molecule has 0 aliphatic carbocycles. The van der Waals surface area contributed by atoms with E-state index < -0.39 is 47.5 Å². The van der Waals surface area contributed by atoms with Crippen molar-refractivity contribution in [1.29, 1.82) is 0 Å². The number of carbonyl (C=O) groups is 1. The van der Waals surface area contributed by atoms with Gasteiger partial charge in [0.15, 0.2) is 5.82 Å². The highest BCUT2D eigenvalue weighted by atomic mass is 19.4. The molecule has 16 heteroatoms. The number of phenolic OH excluding ortho intramolecular Hbond substituents is 1. The lowest BCUT2D eigenvalue weighted by atomic mass is 9.87. The zero-order valence-corrected chi connectivity index (χ0v) is 28.0. The number of methoxy groups -OCH3 is 1. The molecule has 4 aromatic rings. The molecule has 4 fully saturated rings. The Morgan fingerprint density at radius 3 is 2.58 bits per heavy atom. The Hall–Kier alpha value is -5.04. The molecule has 0 saturated carbocycles. The Morgan fingerprint density at radius 2 is 1.87 bits per heavy atom. The van der Waals surface area contributed by atoms with Crippen LogP contribution in [0.25, 0.3) is 32.9 Å². The van der Waals surface area contributed by atoms with Gasteiger partial charge < -0.3 is 24.4 Å². The summed E-state index contributed by atoms with van der Waals surface area (Å²) < 4.78 is 98.8. The van der Waals surface area contributed by atoms with E-state index in [0.717, 1.165) is 11.3 Å². The van der Waals surface area contributed by atoms with Crippen LogP contribution in [-0.2, 0) is 4.79 Å². The van der Waals surface area contributed by atoms with Crippen molar-refractivity contribution in [1.82, 2.24) is 24.8 Å². The normalized spacial score (nSPS) is 24.1. The number of hydrogen-bond acceptors (Lipinski definition) is 9. The van der Waals surface area contributed by atoms with Gasteiger partial charge in [0.2, 0.25) is 5.88 Å². The van der Waals surface area contributed by atoms with Gasteiger partial charge in [0.25, 0.3) is 0 Å². The number of nitrogens with zero attached hydrogens (tertiary/aromatic N) is 6. The van der Waals surface area contributed by atoms with E-state index in [1.165, 1.54) is 38.3 Å². The predicted molar refractivity (Wildman–Crippen MR) is 177 cm³/mol. The number of hydrogen-bond donors (Lipinski definition) is 1. The number of aromatic nitrogens is 3. The Bertz CT molecular complexity index is 2200. The van der Waals surface area contributed by atoms with E-state index in [4.69, 9.17) is 9.47 Å². The summed E-state index contributed by atoms with van der Waals surface area (Å²) in [6.45, 7) is 1.97. The SMILES string of the molecule is CC#Cc1c(F)ccc2cc(O)cc(-c3nc(OC)c4c(N5C6CC5CN(C(=O)C(F)(F)F)C6)nc(OC[C@@]56CCCN5CC(F)C6)nc4c3F)c12. The van der Waals surface area contributed by atoms with E-state index in [-0.39, 0.29) is 89.2 Å². The Balaban J connectivity index is 1.30. The highest BCUT2D eigenvalue weighted by Crippen LogP contribution is 2.46. The van der Waals surface area contributed by atoms with Crippen LogP contribution in [0.5, 0.6) is 17.6 Å². The summed E-state index contributed by atoms with van der Waals surface area (Å²) in [7, 11) is 1.29. The molecule has 1 amide bonds. The second-order valence-electron chi connectivity index (χ2n) is 13.7. The molecule has 10 nitrogen and oxygen atoms in total. The first kappa shape index (κ1) is 34.1. The monoisotopic (exact) mass is 726 g/mol. The molecule has 0 radical (unpaired) electrons. The van der Waals surface area contributed by atoms with E-state index in [1.54, 1.807) is 4.90 Å². The van der Waals surface area contributed by atoms with Crippen molar-refractivity contribution in [3.8, 4) is 40.7 Å². The van der Waals surface area contributed by atoms with Crippen LogP contribution in [0, 0.1) is 23.5 Å². The first-order valence-corrected chi connectivity index (χ1v) is 16.8. The third kappa shape index (κ3) is 5.39. The molecule has 2 aromatic carbocycles. The number of alkyl halides is 4. The molecule has 1 N–H and O–H groups in total. The zero-order valence-electron chi connectivity index (χ0n) is 28.0. The number of carbonyl (C=O) groups excluding carboxylic acids is 1. The quantitative estimate of drug-likeness (QED) is 0.204. The van der Waals surface area contributed by atoms with Gasteiger partial charge in [0.05, 0.1) is 30.3 Å². The van der Waals surface area contributed by atoms with Crippen LogP contribution in [0.3, 0.4) is 0 Å². The van der Waals surface area contributed by atoms with E-state index >= 15 is 8.78 Å². The van der Waals surface area contributed by atoms with Gasteiger partial charge in [-0.2, -0.15) is 23.1 Å². The summed E-state index contributed by atoms with van der Waals surface area (Å²) >= 11 is 0. The molecule has 3 unspecified atom stereocenters. The van der Waals surface area contributed by atoms with Crippen molar-refractivity contribution in [2.75, 3.05) is 44.8 Å². The highest BCUT2D eigenvalue weighted by Gasteiger charge is 2.53. The summed E-state index contributed by atoms with van der Waals surface area (Å²) in [5, 5.41) is 11.2. The standard InChI is InChI=1S/C36H32F6N6O4/c1-3-5-23-25(38)7-6-18-10-22(49)12-24(26(18)23)29-28(39)30-27(32(43-29)51-2)31(48-20-11-21(48)16-46(15-20)33(50)36(40,41)42)45-34(44-30)52-17-35-8-4-9-47(35)14-19(37)13-35/h6-7,10,12,19-21,49H,4,8-9,11,13-17H2,1-2H3/t19?,20?,21?,35-/m0/s1. The van der Waals surface area contributed by atoms with Gasteiger partial charge in [0.1, 0.15) is 46.8 Å². The number of piperidine rings is 1. The summed E-state index contributed by atoms with van der Waals surface area (Å²) in [4.78, 5) is 30.2. The lowest BCUT2D eigenvalue weighted by Crippen LogP contribution is -2.71. The van der Waals surface area contributed by atoms with E-state index in [0.29, 0.717) is 24.8 Å². The largest absolute Gasteiger partial charge is 0.508 e. The van der Waals surface area contributed by atoms with Crippen molar-refractivity contribution < 1.29 is 45.7 Å². The molecule has 4 atom stereocenters. The zero-order chi connectivity index (χ0) is 36.7. The lowest BCUT2D eigenvalue weighted by molar-refractivity contribution is -0.188. The van der Waals surface area contributed by atoms with Crippen LogP contribution in [0.2, 0.25) is 0 Å². The first-order chi connectivity index (χ1) is 24.8. The summed E-state index contributed by atoms with van der Waals surface area (Å²) in [5.41, 5.74) is -1.33. The van der Waals surface area contributed by atoms with Gasteiger partial charge in [0, 0.05) is 37.0 Å². The number of rotatable bonds is 6. The van der Waals surface area contributed by atoms with Crippen LogP contribution >= 0.6 is 0 Å². The third-order valence-electron chi connectivity index (χ3n) is 10.7. The number of piperazine rings is 1. The van der Waals surface area contributed by atoms with Crippen LogP contribution in [0.15, 0.2) is 24.3 Å². The fourth-order valence-corrected chi connectivity index (χ4v) is 8.49. The van der Waals surface area contributed by atoms with Gasteiger partial charge >= 0.3 is 18.1 Å². The maximum Gasteiger partial charge on any atom is 0.471 e. The van der Waals surface area contributed by atoms with Gasteiger partial charge in [-0.05, 0) is 56.3 Å². The van der Waals surface area contributed by atoms with Crippen molar-refractivity contribution in [3.63, 3.8) is 0 Å². The maximum absolute atomic E-state index is 17.2. The number of likely N-dealkylation sites (tertiary alicyclic amines) is 1. The molecule has 6 heterocycles. The topological polar surface area (TPSA) is 104 Å². The number of pyridine rings is 1. The average Bonchev–Trinajstić information content (AvgIpc) is 3.63.